The molecule has 0 unspecified atom stereocenters. The molecule has 0 saturated carbocycles. The molecular weight excluding hydrogens is 394 g/mol. The Balaban J connectivity index is 1.55. The predicted octanol–water partition coefficient (Wildman–Crippen LogP) is 2.60. The van der Waals surface area contributed by atoms with Gasteiger partial charge in [0.05, 0.1) is 30.7 Å². The fourth-order valence-corrected chi connectivity index (χ4v) is 4.71. The normalized spacial score (nSPS) is 26.3. The first-order valence-corrected chi connectivity index (χ1v) is 10.1. The molecule has 2 amide bonds. The second-order valence-electron chi connectivity index (χ2n) is 7.96. The van der Waals surface area contributed by atoms with E-state index in [4.69, 9.17) is 4.74 Å². The van der Waals surface area contributed by atoms with Gasteiger partial charge in [-0.25, -0.2) is 4.90 Å². The topological polar surface area (TPSA) is 79.3 Å². The highest BCUT2D eigenvalue weighted by Gasteiger charge is 2.64. The SMILES string of the molecule is COc1ccc(C(=O)[C@@H]2[C@@H]3C(=O)N(c4ccc(C)cc4)C(=O)[C@@H]3[C@@H]3C=CC=NN23)cc1. The molecule has 7 nitrogen and oxygen atoms in total. The van der Waals surface area contributed by atoms with Crippen LogP contribution in [0, 0.1) is 18.8 Å². The molecule has 0 N–H and O–H groups in total. The van der Waals surface area contributed by atoms with Crippen molar-refractivity contribution in [2.75, 3.05) is 12.0 Å². The second-order valence-corrected chi connectivity index (χ2v) is 7.96. The summed E-state index contributed by atoms with van der Waals surface area (Å²) in [6.45, 7) is 1.94. The first kappa shape index (κ1) is 19.2. The van der Waals surface area contributed by atoms with E-state index in [1.165, 1.54) is 4.90 Å². The molecule has 2 saturated heterocycles. The zero-order chi connectivity index (χ0) is 21.7. The van der Waals surface area contributed by atoms with Crippen molar-refractivity contribution in [2.24, 2.45) is 16.9 Å². The lowest BCUT2D eigenvalue weighted by Crippen LogP contribution is -2.46. The number of carbonyl (C=O) groups is 3. The van der Waals surface area contributed by atoms with Crippen LogP contribution in [0.4, 0.5) is 5.69 Å². The predicted molar refractivity (Wildman–Crippen MR) is 115 cm³/mol. The van der Waals surface area contributed by atoms with Crippen molar-refractivity contribution in [2.45, 2.75) is 19.0 Å². The lowest BCUT2D eigenvalue weighted by molar-refractivity contribution is -0.123. The van der Waals surface area contributed by atoms with E-state index in [1.807, 2.05) is 25.1 Å². The van der Waals surface area contributed by atoms with Gasteiger partial charge in [-0.1, -0.05) is 23.8 Å². The summed E-state index contributed by atoms with van der Waals surface area (Å²) in [5, 5.41) is 5.98. The summed E-state index contributed by atoms with van der Waals surface area (Å²) in [7, 11) is 1.56. The number of methoxy groups -OCH3 is 1. The zero-order valence-electron chi connectivity index (χ0n) is 17.1. The van der Waals surface area contributed by atoms with Crippen LogP contribution < -0.4 is 9.64 Å². The number of allylic oxidation sites excluding steroid dienone is 1. The summed E-state index contributed by atoms with van der Waals surface area (Å²) in [5.41, 5.74) is 2.01. The Kier molecular flexibility index (Phi) is 4.46. The highest BCUT2D eigenvalue weighted by Crippen LogP contribution is 2.46. The molecule has 3 aliphatic heterocycles. The average molecular weight is 415 g/mol. The fourth-order valence-electron chi connectivity index (χ4n) is 4.71. The van der Waals surface area contributed by atoms with Crippen molar-refractivity contribution >= 4 is 29.5 Å². The Labute approximate surface area is 179 Å². The molecule has 156 valence electrons. The Morgan fingerprint density at radius 3 is 2.32 bits per heavy atom. The van der Waals surface area contributed by atoms with Gasteiger partial charge in [0.2, 0.25) is 11.8 Å². The minimum Gasteiger partial charge on any atom is -0.497 e. The molecule has 0 aromatic heterocycles. The number of fused-ring (bicyclic) bond motifs is 3. The van der Waals surface area contributed by atoms with Gasteiger partial charge >= 0.3 is 0 Å². The molecule has 5 rings (SSSR count). The Morgan fingerprint density at radius 2 is 1.65 bits per heavy atom. The zero-order valence-corrected chi connectivity index (χ0v) is 17.1. The number of benzene rings is 2. The van der Waals surface area contributed by atoms with Gasteiger partial charge in [0.1, 0.15) is 11.8 Å². The Hall–Kier alpha value is -3.74. The van der Waals surface area contributed by atoms with Crippen LogP contribution in [0.1, 0.15) is 15.9 Å². The van der Waals surface area contributed by atoms with E-state index in [0.29, 0.717) is 17.0 Å². The van der Waals surface area contributed by atoms with Gasteiger partial charge in [-0.05, 0) is 49.4 Å². The smallest absolute Gasteiger partial charge is 0.240 e. The van der Waals surface area contributed by atoms with E-state index in [2.05, 4.69) is 5.10 Å². The van der Waals surface area contributed by atoms with Crippen LogP contribution >= 0.6 is 0 Å². The van der Waals surface area contributed by atoms with E-state index >= 15 is 0 Å². The fraction of sp³-hybridized carbons (Fsp3) is 0.250. The number of Topliss-reactive ketones (excluding diaryl/α,β-unsaturated/α-hetero) is 1. The maximum atomic E-state index is 13.5. The number of imide groups is 1. The van der Waals surface area contributed by atoms with Crippen LogP contribution in [0.5, 0.6) is 5.75 Å². The number of ketones is 1. The molecule has 4 atom stereocenters. The number of ether oxygens (including phenoxy) is 1. The van der Waals surface area contributed by atoms with Gasteiger partial charge in [0.25, 0.3) is 0 Å². The summed E-state index contributed by atoms with van der Waals surface area (Å²) >= 11 is 0. The van der Waals surface area contributed by atoms with Crippen molar-refractivity contribution in [3.05, 3.63) is 71.8 Å². The number of amides is 2. The van der Waals surface area contributed by atoms with Gasteiger partial charge < -0.3 is 4.74 Å². The molecule has 0 aliphatic carbocycles. The molecule has 2 aromatic carbocycles. The van der Waals surface area contributed by atoms with Crippen LogP contribution in [0.15, 0.2) is 65.8 Å². The van der Waals surface area contributed by atoms with Crippen LogP contribution in [-0.2, 0) is 9.59 Å². The molecule has 31 heavy (non-hydrogen) atoms. The maximum absolute atomic E-state index is 13.5. The number of hydrazone groups is 1. The van der Waals surface area contributed by atoms with Gasteiger partial charge in [-0.3, -0.25) is 19.4 Å². The van der Waals surface area contributed by atoms with E-state index in [9.17, 15) is 14.4 Å². The number of hydrogen-bond acceptors (Lipinski definition) is 6. The van der Waals surface area contributed by atoms with Crippen LogP contribution in [0.25, 0.3) is 0 Å². The minimum atomic E-state index is -0.850. The molecule has 7 heteroatoms. The van der Waals surface area contributed by atoms with Crippen LogP contribution in [0.2, 0.25) is 0 Å². The van der Waals surface area contributed by atoms with Gasteiger partial charge in [-0.2, -0.15) is 5.10 Å². The number of aryl methyl sites for hydroxylation is 1. The first-order valence-electron chi connectivity index (χ1n) is 10.1. The van der Waals surface area contributed by atoms with E-state index in [-0.39, 0.29) is 17.6 Å². The van der Waals surface area contributed by atoms with Crippen molar-refractivity contribution in [1.29, 1.82) is 0 Å². The summed E-state index contributed by atoms with van der Waals surface area (Å²) in [5.74, 6) is -1.71. The highest BCUT2D eigenvalue weighted by molar-refractivity contribution is 6.24. The third-order valence-corrected chi connectivity index (χ3v) is 6.23. The molecular formula is C24H21N3O4. The third kappa shape index (κ3) is 2.88. The molecule has 2 fully saturated rings. The van der Waals surface area contributed by atoms with Crippen molar-refractivity contribution in [3.63, 3.8) is 0 Å². The maximum Gasteiger partial charge on any atom is 0.240 e. The number of carbonyl (C=O) groups excluding carboxylic acids is 3. The molecule has 3 heterocycles. The van der Waals surface area contributed by atoms with Crippen LogP contribution in [-0.4, -0.2) is 48.0 Å². The summed E-state index contributed by atoms with van der Waals surface area (Å²) < 4.78 is 5.17. The largest absolute Gasteiger partial charge is 0.497 e. The lowest BCUT2D eigenvalue weighted by Gasteiger charge is -2.30. The second kappa shape index (κ2) is 7.19. The van der Waals surface area contributed by atoms with E-state index in [0.717, 1.165) is 5.56 Å². The number of anilines is 1. The summed E-state index contributed by atoms with van der Waals surface area (Å²) in [6.07, 6.45) is 5.18. The van der Waals surface area contributed by atoms with Crippen molar-refractivity contribution in [1.82, 2.24) is 5.01 Å². The molecule has 0 radical (unpaired) electrons. The van der Waals surface area contributed by atoms with Crippen molar-refractivity contribution < 1.29 is 19.1 Å². The average Bonchev–Trinajstić information content (AvgIpc) is 3.27. The summed E-state index contributed by atoms with van der Waals surface area (Å²) in [6, 6.07) is 12.7. The minimum absolute atomic E-state index is 0.237. The Morgan fingerprint density at radius 1 is 0.968 bits per heavy atom. The monoisotopic (exact) mass is 415 g/mol. The molecule has 0 bridgehead atoms. The standard InChI is InChI=1S/C24H21N3O4/c1-14-5-9-16(10-6-14)26-23(29)19-18-4-3-13-25-27(18)21(20(19)24(26)30)22(28)15-7-11-17(31-2)12-8-15/h3-13,18-21H,1-2H3/t18-,19+,20+,21-/m0/s1. The van der Waals surface area contributed by atoms with Crippen LogP contribution in [0.3, 0.4) is 0 Å². The van der Waals surface area contributed by atoms with Crippen molar-refractivity contribution in [3.8, 4) is 5.75 Å². The highest BCUT2D eigenvalue weighted by atomic mass is 16.5. The first-order chi connectivity index (χ1) is 15.0. The lowest BCUT2D eigenvalue weighted by atomic mass is 9.86. The van der Waals surface area contributed by atoms with E-state index < -0.39 is 23.9 Å². The summed E-state index contributed by atoms with van der Waals surface area (Å²) in [4.78, 5) is 41.6. The number of nitrogens with zero attached hydrogens (tertiary/aromatic N) is 3. The molecule has 2 aromatic rings. The van der Waals surface area contributed by atoms with E-state index in [1.54, 1.807) is 60.8 Å². The van der Waals surface area contributed by atoms with Gasteiger partial charge in [0, 0.05) is 11.8 Å². The quantitative estimate of drug-likeness (QED) is 0.567. The molecule has 0 spiro atoms. The Bertz CT molecular complexity index is 1120. The number of rotatable bonds is 4. The molecule has 3 aliphatic rings. The van der Waals surface area contributed by atoms with Gasteiger partial charge in [-0.15, -0.1) is 0 Å². The number of hydrogen-bond donors (Lipinski definition) is 0. The van der Waals surface area contributed by atoms with Gasteiger partial charge in [0.15, 0.2) is 5.78 Å². The third-order valence-electron chi connectivity index (χ3n) is 6.23.